The van der Waals surface area contributed by atoms with Gasteiger partial charge in [-0.2, -0.15) is 0 Å². The minimum atomic E-state index is 0.228. The number of hydrogen-bond donors (Lipinski definition) is 1. The normalized spacial score (nSPS) is 22.7. The Morgan fingerprint density at radius 3 is 2.17 bits per heavy atom. The maximum Gasteiger partial charge on any atom is 0.00967 e. The fourth-order valence-corrected chi connectivity index (χ4v) is 2.89. The topological polar surface area (TPSA) is 15.3 Å². The van der Waals surface area contributed by atoms with Gasteiger partial charge in [-0.1, -0.05) is 13.8 Å². The molecule has 0 amide bonds. The largest absolute Gasteiger partial charge is 0.311 e. The molecule has 2 nitrogen and oxygen atoms in total. The monoisotopic (exact) mass is 254 g/mol. The summed E-state index contributed by atoms with van der Waals surface area (Å²) in [6, 6.07) is 0.789. The molecule has 0 aliphatic carbocycles. The van der Waals surface area contributed by atoms with Crippen LogP contribution in [0, 0.1) is 5.41 Å². The van der Waals surface area contributed by atoms with Gasteiger partial charge in [-0.25, -0.2) is 0 Å². The summed E-state index contributed by atoms with van der Waals surface area (Å²) in [5.74, 6) is 0. The van der Waals surface area contributed by atoms with Gasteiger partial charge in [-0.3, -0.25) is 0 Å². The van der Waals surface area contributed by atoms with Crippen molar-refractivity contribution in [1.82, 2.24) is 10.2 Å². The van der Waals surface area contributed by atoms with Gasteiger partial charge >= 0.3 is 0 Å². The Balaban J connectivity index is 2.61. The molecule has 1 atom stereocenters. The summed E-state index contributed by atoms with van der Waals surface area (Å²) in [5.41, 5.74) is 0.679. The van der Waals surface area contributed by atoms with Gasteiger partial charge in [0.2, 0.25) is 0 Å². The minimum absolute atomic E-state index is 0.228. The lowest BCUT2D eigenvalue weighted by molar-refractivity contribution is 0.122. The van der Waals surface area contributed by atoms with Crippen LogP contribution in [0.5, 0.6) is 0 Å². The quantitative estimate of drug-likeness (QED) is 0.778. The van der Waals surface area contributed by atoms with E-state index in [2.05, 4.69) is 51.8 Å². The maximum atomic E-state index is 3.73. The summed E-state index contributed by atoms with van der Waals surface area (Å²) < 4.78 is 0. The fourth-order valence-electron chi connectivity index (χ4n) is 2.89. The molecule has 0 spiro atoms. The molecule has 1 heterocycles. The first-order chi connectivity index (χ1) is 8.32. The second-order valence-electron chi connectivity index (χ2n) is 7.27. The smallest absolute Gasteiger partial charge is 0.00967 e. The first kappa shape index (κ1) is 16.0. The zero-order valence-corrected chi connectivity index (χ0v) is 13.5. The molecule has 1 unspecified atom stereocenters. The van der Waals surface area contributed by atoms with Crippen LogP contribution in [0.2, 0.25) is 0 Å². The van der Waals surface area contributed by atoms with Crippen molar-refractivity contribution in [3.8, 4) is 0 Å². The van der Waals surface area contributed by atoms with E-state index < -0.39 is 0 Å². The van der Waals surface area contributed by atoms with Gasteiger partial charge in [0.15, 0.2) is 0 Å². The highest BCUT2D eigenvalue weighted by Crippen LogP contribution is 2.30. The Morgan fingerprint density at radius 2 is 1.78 bits per heavy atom. The van der Waals surface area contributed by atoms with E-state index in [9.17, 15) is 0 Å². The maximum absolute atomic E-state index is 3.73. The zero-order chi connectivity index (χ0) is 13.8. The summed E-state index contributed by atoms with van der Waals surface area (Å²) in [6.45, 7) is 17.6. The summed E-state index contributed by atoms with van der Waals surface area (Å²) >= 11 is 0. The van der Waals surface area contributed by atoms with Crippen LogP contribution >= 0.6 is 0 Å². The molecule has 1 aliphatic rings. The van der Waals surface area contributed by atoms with Crippen LogP contribution < -0.4 is 5.32 Å². The Labute approximate surface area is 115 Å². The molecule has 1 fully saturated rings. The van der Waals surface area contributed by atoms with E-state index in [-0.39, 0.29) is 5.54 Å². The molecule has 108 valence electrons. The predicted molar refractivity (Wildman–Crippen MR) is 81.0 cm³/mol. The van der Waals surface area contributed by atoms with Crippen molar-refractivity contribution in [1.29, 1.82) is 0 Å². The van der Waals surface area contributed by atoms with Gasteiger partial charge < -0.3 is 10.2 Å². The van der Waals surface area contributed by atoms with E-state index in [4.69, 9.17) is 0 Å². The Bertz CT molecular complexity index is 238. The molecule has 1 rings (SSSR count). The van der Waals surface area contributed by atoms with Crippen molar-refractivity contribution < 1.29 is 0 Å². The van der Waals surface area contributed by atoms with Crippen molar-refractivity contribution in [3.63, 3.8) is 0 Å². The summed E-state index contributed by atoms with van der Waals surface area (Å²) in [6.07, 6.45) is 5.32. The van der Waals surface area contributed by atoms with Gasteiger partial charge in [0.05, 0.1) is 0 Å². The van der Waals surface area contributed by atoms with Crippen LogP contribution in [0.15, 0.2) is 0 Å². The Hall–Kier alpha value is -0.0800. The second kappa shape index (κ2) is 6.38. The second-order valence-corrected chi connectivity index (χ2v) is 7.27. The van der Waals surface area contributed by atoms with Crippen molar-refractivity contribution in [2.24, 2.45) is 5.41 Å². The molecule has 2 heteroatoms. The highest BCUT2D eigenvalue weighted by molar-refractivity contribution is 4.88. The molecule has 0 aromatic carbocycles. The van der Waals surface area contributed by atoms with Gasteiger partial charge in [0, 0.05) is 24.7 Å². The molecular weight excluding hydrogens is 220 g/mol. The summed E-state index contributed by atoms with van der Waals surface area (Å²) in [5, 5.41) is 3.73. The molecule has 1 saturated heterocycles. The van der Waals surface area contributed by atoms with E-state index in [1.165, 1.54) is 38.8 Å². The van der Waals surface area contributed by atoms with E-state index in [1.54, 1.807) is 0 Å². The van der Waals surface area contributed by atoms with Gasteiger partial charge in [0.25, 0.3) is 0 Å². The number of rotatable bonds is 6. The van der Waals surface area contributed by atoms with E-state index in [0.29, 0.717) is 5.41 Å². The van der Waals surface area contributed by atoms with Crippen LogP contribution in [-0.2, 0) is 0 Å². The molecular formula is C16H34N2. The summed E-state index contributed by atoms with van der Waals surface area (Å²) in [7, 11) is 0. The van der Waals surface area contributed by atoms with Crippen molar-refractivity contribution in [2.75, 3.05) is 19.6 Å². The zero-order valence-electron chi connectivity index (χ0n) is 13.5. The van der Waals surface area contributed by atoms with E-state index in [1.807, 2.05) is 0 Å². The predicted octanol–water partition coefficient (Wildman–Crippen LogP) is 3.67. The van der Waals surface area contributed by atoms with Crippen LogP contribution in [-0.4, -0.2) is 36.1 Å². The van der Waals surface area contributed by atoms with Crippen LogP contribution in [0.25, 0.3) is 0 Å². The minimum Gasteiger partial charge on any atom is -0.311 e. The molecule has 0 radical (unpaired) electrons. The molecule has 1 N–H and O–H groups in total. The molecule has 0 saturated carbocycles. The van der Waals surface area contributed by atoms with Crippen LogP contribution in [0.3, 0.4) is 0 Å². The highest BCUT2D eigenvalue weighted by atomic mass is 15.2. The van der Waals surface area contributed by atoms with E-state index in [0.717, 1.165) is 12.6 Å². The number of likely N-dealkylation sites (tertiary alicyclic amines) is 1. The summed E-state index contributed by atoms with van der Waals surface area (Å²) in [4.78, 5) is 2.71. The Kier molecular flexibility index (Phi) is 5.67. The SMILES string of the molecule is CCC(CC)(CNC(C)(C)C)CN1CCCC1C. The standard InChI is InChI=1S/C16H34N2/c1-7-16(8-2,12-17-15(4,5)6)13-18-11-9-10-14(18)3/h14,17H,7-13H2,1-6H3. The lowest BCUT2D eigenvalue weighted by Gasteiger charge is -2.39. The number of hydrogen-bond acceptors (Lipinski definition) is 2. The molecule has 0 bridgehead atoms. The van der Waals surface area contributed by atoms with Crippen LogP contribution in [0.1, 0.15) is 67.2 Å². The molecule has 0 aromatic heterocycles. The first-order valence-corrected chi connectivity index (χ1v) is 7.81. The third-order valence-electron chi connectivity index (χ3n) is 4.72. The lowest BCUT2D eigenvalue weighted by atomic mass is 9.80. The third-order valence-corrected chi connectivity index (χ3v) is 4.72. The van der Waals surface area contributed by atoms with Crippen LogP contribution in [0.4, 0.5) is 0 Å². The van der Waals surface area contributed by atoms with Crippen molar-refractivity contribution in [2.45, 2.75) is 78.8 Å². The lowest BCUT2D eigenvalue weighted by Crippen LogP contribution is -2.49. The van der Waals surface area contributed by atoms with Gasteiger partial charge in [-0.15, -0.1) is 0 Å². The Morgan fingerprint density at radius 1 is 1.17 bits per heavy atom. The molecule has 1 aliphatic heterocycles. The average Bonchev–Trinajstić information content (AvgIpc) is 2.69. The average molecular weight is 254 g/mol. The fraction of sp³-hybridized carbons (Fsp3) is 1.00. The first-order valence-electron chi connectivity index (χ1n) is 7.81. The van der Waals surface area contributed by atoms with Crippen molar-refractivity contribution >= 4 is 0 Å². The van der Waals surface area contributed by atoms with Gasteiger partial charge in [-0.05, 0) is 65.3 Å². The molecule has 18 heavy (non-hydrogen) atoms. The van der Waals surface area contributed by atoms with Gasteiger partial charge in [0.1, 0.15) is 0 Å². The molecule has 0 aromatic rings. The highest BCUT2D eigenvalue weighted by Gasteiger charge is 2.33. The number of nitrogens with zero attached hydrogens (tertiary/aromatic N) is 1. The third kappa shape index (κ3) is 4.55. The van der Waals surface area contributed by atoms with E-state index >= 15 is 0 Å². The van der Waals surface area contributed by atoms with Crippen molar-refractivity contribution in [3.05, 3.63) is 0 Å². The number of nitrogens with one attached hydrogen (secondary N) is 1.